The van der Waals surface area contributed by atoms with E-state index in [1.807, 2.05) is 0 Å². The molecule has 3 amide bonds. The van der Waals surface area contributed by atoms with E-state index in [9.17, 15) is 18.0 Å². The van der Waals surface area contributed by atoms with E-state index in [4.69, 9.17) is 4.74 Å². The average molecular weight is 370 g/mol. The summed E-state index contributed by atoms with van der Waals surface area (Å²) >= 11 is 0. The van der Waals surface area contributed by atoms with Crippen LogP contribution in [0, 0.1) is 0 Å². The maximum atomic E-state index is 12.5. The van der Waals surface area contributed by atoms with Gasteiger partial charge in [-0.3, -0.25) is 9.69 Å². The lowest BCUT2D eigenvalue weighted by atomic mass is 10.3. The largest absolute Gasteiger partial charge is 0.492 e. The number of nitrogens with zero attached hydrogens (tertiary/aromatic N) is 2. The fraction of sp³-hybridized carbons (Fsp3) is 0.467. The van der Waals surface area contributed by atoms with Gasteiger partial charge in [0.25, 0.3) is 0 Å². The van der Waals surface area contributed by atoms with Crippen LogP contribution in [0.5, 0.6) is 5.75 Å². The summed E-state index contributed by atoms with van der Waals surface area (Å²) in [6.45, 7) is 2.72. The van der Waals surface area contributed by atoms with E-state index in [0.29, 0.717) is 25.4 Å². The van der Waals surface area contributed by atoms with Crippen LogP contribution in [0.2, 0.25) is 0 Å². The summed E-state index contributed by atoms with van der Waals surface area (Å²) in [5, 5.41) is 5.40. The summed E-state index contributed by atoms with van der Waals surface area (Å²) < 4.78 is 31.4. The highest BCUT2D eigenvalue weighted by atomic mass is 32.2. The van der Waals surface area contributed by atoms with E-state index < -0.39 is 16.1 Å². The minimum atomic E-state index is -3.71. The van der Waals surface area contributed by atoms with Gasteiger partial charge in [-0.1, -0.05) is 0 Å². The summed E-state index contributed by atoms with van der Waals surface area (Å²) in [5.74, 6) is -0.145. The molecule has 1 fully saturated rings. The van der Waals surface area contributed by atoms with Gasteiger partial charge in [-0.25, -0.2) is 17.5 Å². The van der Waals surface area contributed by atoms with Gasteiger partial charge in [0.2, 0.25) is 15.9 Å². The highest BCUT2D eigenvalue weighted by Crippen LogP contribution is 2.29. The lowest BCUT2D eigenvalue weighted by Gasteiger charge is -2.17. The van der Waals surface area contributed by atoms with Gasteiger partial charge >= 0.3 is 6.03 Å². The van der Waals surface area contributed by atoms with Crippen molar-refractivity contribution in [3.05, 3.63) is 18.2 Å². The van der Waals surface area contributed by atoms with Gasteiger partial charge in [0, 0.05) is 32.9 Å². The number of nitrogens with one attached hydrogen (secondary N) is 2. The Hall–Kier alpha value is -2.33. The van der Waals surface area contributed by atoms with Crippen molar-refractivity contribution in [3.8, 4) is 5.75 Å². The van der Waals surface area contributed by atoms with Crippen LogP contribution in [0.25, 0.3) is 0 Å². The molecule has 2 N–H and O–H groups in total. The molecule has 0 bridgehead atoms. The molecule has 1 aromatic rings. The van der Waals surface area contributed by atoms with E-state index in [-0.39, 0.29) is 23.1 Å². The Morgan fingerprint density at radius 3 is 2.68 bits per heavy atom. The quantitative estimate of drug-likeness (QED) is 0.715. The maximum Gasteiger partial charge on any atom is 0.324 e. The molecule has 25 heavy (non-hydrogen) atoms. The number of anilines is 1. The predicted molar refractivity (Wildman–Crippen MR) is 92.1 cm³/mol. The monoisotopic (exact) mass is 370 g/mol. The van der Waals surface area contributed by atoms with Crippen molar-refractivity contribution in [2.75, 3.05) is 45.7 Å². The summed E-state index contributed by atoms with van der Waals surface area (Å²) in [6.07, 6.45) is 0. The van der Waals surface area contributed by atoms with Crippen molar-refractivity contribution in [1.82, 2.24) is 14.5 Å². The van der Waals surface area contributed by atoms with E-state index >= 15 is 0 Å². The van der Waals surface area contributed by atoms with Gasteiger partial charge in [0.1, 0.15) is 10.6 Å². The number of sulfonamides is 1. The zero-order valence-corrected chi connectivity index (χ0v) is 15.2. The minimum absolute atomic E-state index is 0.00992. The minimum Gasteiger partial charge on any atom is -0.492 e. The number of urea groups is 1. The van der Waals surface area contributed by atoms with Crippen LogP contribution in [-0.4, -0.2) is 69.9 Å². The van der Waals surface area contributed by atoms with Gasteiger partial charge in [0.05, 0.1) is 13.2 Å². The molecule has 0 unspecified atom stereocenters. The second-order valence-corrected chi connectivity index (χ2v) is 7.63. The highest BCUT2D eigenvalue weighted by molar-refractivity contribution is 7.89. The molecule has 1 aliphatic rings. The Morgan fingerprint density at radius 2 is 2.12 bits per heavy atom. The SMILES string of the molecule is CCOc1ccc(NCC(=O)N2CCNC2=O)cc1S(=O)(=O)N(C)C. The van der Waals surface area contributed by atoms with Crippen molar-refractivity contribution < 1.29 is 22.7 Å². The Morgan fingerprint density at radius 1 is 1.40 bits per heavy atom. The second-order valence-electron chi connectivity index (χ2n) is 5.51. The molecule has 0 saturated carbocycles. The fourth-order valence-electron chi connectivity index (χ4n) is 2.27. The Kier molecular flexibility index (Phi) is 5.85. The first kappa shape index (κ1) is 19.0. The third-order valence-corrected chi connectivity index (χ3v) is 5.44. The first-order valence-corrected chi connectivity index (χ1v) is 9.22. The van der Waals surface area contributed by atoms with E-state index in [0.717, 1.165) is 9.21 Å². The molecule has 0 aliphatic carbocycles. The molecular weight excluding hydrogens is 348 g/mol. The average Bonchev–Trinajstić information content (AvgIpc) is 2.99. The van der Waals surface area contributed by atoms with E-state index in [1.54, 1.807) is 13.0 Å². The normalized spacial score (nSPS) is 14.6. The van der Waals surface area contributed by atoms with Crippen molar-refractivity contribution in [2.45, 2.75) is 11.8 Å². The van der Waals surface area contributed by atoms with Crippen molar-refractivity contribution in [3.63, 3.8) is 0 Å². The molecular formula is C15H22N4O5S. The summed E-state index contributed by atoms with van der Waals surface area (Å²) in [4.78, 5) is 24.6. The van der Waals surface area contributed by atoms with Crippen molar-refractivity contribution >= 4 is 27.6 Å². The summed E-state index contributed by atoms with van der Waals surface area (Å²) in [5.41, 5.74) is 0.442. The molecule has 1 saturated heterocycles. The van der Waals surface area contributed by atoms with Crippen LogP contribution in [0.15, 0.2) is 23.1 Å². The summed E-state index contributed by atoms with van der Waals surface area (Å²) in [6, 6.07) is 4.15. The second kappa shape index (κ2) is 7.70. The zero-order chi connectivity index (χ0) is 18.6. The third kappa shape index (κ3) is 4.20. The number of rotatable bonds is 7. The number of ether oxygens (including phenoxy) is 1. The molecule has 0 aromatic heterocycles. The number of imide groups is 1. The molecule has 138 valence electrons. The van der Waals surface area contributed by atoms with Crippen LogP contribution in [0.1, 0.15) is 6.92 Å². The molecule has 9 nitrogen and oxygen atoms in total. The fourth-order valence-corrected chi connectivity index (χ4v) is 3.32. The number of benzene rings is 1. The van der Waals surface area contributed by atoms with Crippen molar-refractivity contribution in [2.24, 2.45) is 0 Å². The standard InChI is InChI=1S/C15H22N4O5S/c1-4-24-12-6-5-11(9-13(12)25(22,23)18(2)3)17-10-14(20)19-8-7-16-15(19)21/h5-6,9,17H,4,7-8,10H2,1-3H3,(H,16,21). The van der Waals surface area contributed by atoms with Crippen molar-refractivity contribution in [1.29, 1.82) is 0 Å². The number of hydrogen-bond donors (Lipinski definition) is 2. The number of carbonyl (C=O) groups is 2. The van der Waals surface area contributed by atoms with Crippen LogP contribution >= 0.6 is 0 Å². The van der Waals surface area contributed by atoms with Crippen LogP contribution in [-0.2, 0) is 14.8 Å². The van der Waals surface area contributed by atoms with Gasteiger partial charge in [-0.05, 0) is 25.1 Å². The molecule has 0 radical (unpaired) electrons. The third-order valence-electron chi connectivity index (χ3n) is 3.60. The number of hydrogen-bond acceptors (Lipinski definition) is 6. The van der Waals surface area contributed by atoms with Crippen LogP contribution < -0.4 is 15.4 Å². The topological polar surface area (TPSA) is 108 Å². The first-order chi connectivity index (χ1) is 11.8. The summed E-state index contributed by atoms with van der Waals surface area (Å²) in [7, 11) is -0.844. The lowest BCUT2D eigenvalue weighted by Crippen LogP contribution is -2.38. The van der Waals surface area contributed by atoms with Crippen LogP contribution in [0.3, 0.4) is 0 Å². The zero-order valence-electron chi connectivity index (χ0n) is 14.4. The molecule has 10 heteroatoms. The van der Waals surface area contributed by atoms with Gasteiger partial charge in [-0.15, -0.1) is 0 Å². The lowest BCUT2D eigenvalue weighted by molar-refractivity contribution is -0.125. The first-order valence-electron chi connectivity index (χ1n) is 7.78. The number of carbonyl (C=O) groups excluding carboxylic acids is 2. The van der Waals surface area contributed by atoms with Gasteiger partial charge < -0.3 is 15.4 Å². The molecule has 1 aliphatic heterocycles. The Bertz CT molecular complexity index is 763. The molecule has 1 heterocycles. The van der Waals surface area contributed by atoms with Crippen LogP contribution in [0.4, 0.5) is 10.5 Å². The maximum absolute atomic E-state index is 12.5. The molecule has 2 rings (SSSR count). The Balaban J connectivity index is 2.19. The Labute approximate surface area is 147 Å². The highest BCUT2D eigenvalue weighted by Gasteiger charge is 2.26. The van der Waals surface area contributed by atoms with Gasteiger partial charge in [0.15, 0.2) is 0 Å². The van der Waals surface area contributed by atoms with E-state index in [1.165, 1.54) is 26.2 Å². The predicted octanol–water partition coefficient (Wildman–Crippen LogP) is 0.299. The molecule has 0 atom stereocenters. The number of amides is 3. The molecule has 1 aromatic carbocycles. The van der Waals surface area contributed by atoms with Gasteiger partial charge in [-0.2, -0.15) is 0 Å². The molecule has 0 spiro atoms. The smallest absolute Gasteiger partial charge is 0.324 e. The van der Waals surface area contributed by atoms with E-state index in [2.05, 4.69) is 10.6 Å².